The lowest BCUT2D eigenvalue weighted by atomic mass is 10.1. The van der Waals surface area contributed by atoms with E-state index in [-0.39, 0.29) is 10.7 Å². The van der Waals surface area contributed by atoms with Gasteiger partial charge in [-0.1, -0.05) is 11.6 Å². The van der Waals surface area contributed by atoms with Crippen molar-refractivity contribution in [2.45, 2.75) is 6.18 Å². The summed E-state index contributed by atoms with van der Waals surface area (Å²) in [5.41, 5.74) is -1.53. The van der Waals surface area contributed by atoms with Crippen LogP contribution in [0.4, 0.5) is 13.2 Å². The number of rotatable bonds is 2. The van der Waals surface area contributed by atoms with Gasteiger partial charge in [-0.05, 0) is 18.2 Å². The standard InChI is InChI=1S/C11H6ClF3N2O2/c12-7-4-16-17(5-7)9-2-1-6(11(13,14)15)3-8(9)10(18)19/h1-5H,(H,18,19). The van der Waals surface area contributed by atoms with Crippen molar-refractivity contribution in [1.29, 1.82) is 0 Å². The first-order valence-electron chi connectivity index (χ1n) is 4.94. The van der Waals surface area contributed by atoms with Crippen molar-refractivity contribution in [2.24, 2.45) is 0 Å². The Kier molecular flexibility index (Phi) is 3.23. The molecule has 1 N–H and O–H groups in total. The molecule has 1 aromatic heterocycles. The van der Waals surface area contributed by atoms with Gasteiger partial charge in [0, 0.05) is 6.20 Å². The molecule has 0 aliphatic rings. The lowest BCUT2D eigenvalue weighted by Gasteiger charge is -2.11. The Bertz CT molecular complexity index is 637. The molecule has 0 unspecified atom stereocenters. The van der Waals surface area contributed by atoms with Gasteiger partial charge in [0.25, 0.3) is 0 Å². The highest BCUT2D eigenvalue weighted by molar-refractivity contribution is 6.30. The fraction of sp³-hybridized carbons (Fsp3) is 0.0909. The Labute approximate surface area is 110 Å². The predicted octanol–water partition coefficient (Wildman–Crippen LogP) is 3.24. The average molecular weight is 291 g/mol. The fourth-order valence-electron chi connectivity index (χ4n) is 1.52. The molecule has 0 saturated heterocycles. The van der Waals surface area contributed by atoms with E-state index in [4.69, 9.17) is 16.7 Å². The molecule has 0 fully saturated rings. The summed E-state index contributed by atoms with van der Waals surface area (Å²) in [7, 11) is 0. The smallest absolute Gasteiger partial charge is 0.416 e. The van der Waals surface area contributed by atoms with E-state index in [2.05, 4.69) is 5.10 Å². The molecule has 0 aliphatic carbocycles. The van der Waals surface area contributed by atoms with Crippen molar-refractivity contribution in [2.75, 3.05) is 0 Å². The van der Waals surface area contributed by atoms with Crippen LogP contribution in [0.2, 0.25) is 5.02 Å². The van der Waals surface area contributed by atoms with E-state index >= 15 is 0 Å². The van der Waals surface area contributed by atoms with E-state index in [1.54, 1.807) is 0 Å². The molecule has 0 bridgehead atoms. The molecule has 0 aliphatic heterocycles. The first-order chi connectivity index (χ1) is 8.79. The van der Waals surface area contributed by atoms with Crippen molar-refractivity contribution >= 4 is 17.6 Å². The minimum atomic E-state index is -4.61. The number of nitrogens with zero attached hydrogens (tertiary/aromatic N) is 2. The van der Waals surface area contributed by atoms with E-state index in [1.165, 1.54) is 12.4 Å². The average Bonchev–Trinajstić information content (AvgIpc) is 2.73. The first-order valence-corrected chi connectivity index (χ1v) is 5.32. The Morgan fingerprint density at radius 3 is 2.53 bits per heavy atom. The molecule has 2 aromatic rings. The van der Waals surface area contributed by atoms with Gasteiger partial charge in [-0.3, -0.25) is 0 Å². The number of carboxylic acids is 1. The topological polar surface area (TPSA) is 55.1 Å². The van der Waals surface area contributed by atoms with E-state index in [9.17, 15) is 18.0 Å². The molecule has 1 heterocycles. The largest absolute Gasteiger partial charge is 0.478 e. The van der Waals surface area contributed by atoms with Gasteiger partial charge in [0.05, 0.1) is 28.0 Å². The third-order valence-corrected chi connectivity index (χ3v) is 2.55. The van der Waals surface area contributed by atoms with E-state index in [0.29, 0.717) is 6.07 Å². The number of benzene rings is 1. The van der Waals surface area contributed by atoms with Gasteiger partial charge >= 0.3 is 12.1 Å². The van der Waals surface area contributed by atoms with Crippen LogP contribution in [0.25, 0.3) is 5.69 Å². The van der Waals surface area contributed by atoms with Crippen LogP contribution >= 0.6 is 11.6 Å². The number of carboxylic acid groups (broad SMARTS) is 1. The van der Waals surface area contributed by atoms with Crippen molar-refractivity contribution in [3.05, 3.63) is 46.7 Å². The van der Waals surface area contributed by atoms with Crippen LogP contribution in [-0.4, -0.2) is 20.9 Å². The van der Waals surface area contributed by atoms with Crippen LogP contribution in [0, 0.1) is 0 Å². The fourth-order valence-corrected chi connectivity index (χ4v) is 1.65. The van der Waals surface area contributed by atoms with Crippen LogP contribution in [0.5, 0.6) is 0 Å². The molecule has 100 valence electrons. The molecule has 19 heavy (non-hydrogen) atoms. The Morgan fingerprint density at radius 1 is 1.37 bits per heavy atom. The van der Waals surface area contributed by atoms with Gasteiger partial charge in [0.15, 0.2) is 0 Å². The molecule has 0 radical (unpaired) electrons. The van der Waals surface area contributed by atoms with Crippen LogP contribution < -0.4 is 0 Å². The minimum Gasteiger partial charge on any atom is -0.478 e. The van der Waals surface area contributed by atoms with E-state index < -0.39 is 23.3 Å². The number of hydrogen-bond donors (Lipinski definition) is 1. The number of aromatic carboxylic acids is 1. The second-order valence-electron chi connectivity index (χ2n) is 3.64. The number of alkyl halides is 3. The first kappa shape index (κ1) is 13.4. The van der Waals surface area contributed by atoms with E-state index in [0.717, 1.165) is 16.8 Å². The van der Waals surface area contributed by atoms with Gasteiger partial charge in [-0.25, -0.2) is 9.48 Å². The number of carbonyl (C=O) groups is 1. The highest BCUT2D eigenvalue weighted by Gasteiger charge is 2.32. The Balaban J connectivity index is 2.60. The summed E-state index contributed by atoms with van der Waals surface area (Å²) in [4.78, 5) is 11.0. The molecule has 4 nitrogen and oxygen atoms in total. The van der Waals surface area contributed by atoms with Crippen LogP contribution in [0.1, 0.15) is 15.9 Å². The molecule has 0 atom stereocenters. The van der Waals surface area contributed by atoms with Crippen molar-refractivity contribution in [3.8, 4) is 5.69 Å². The van der Waals surface area contributed by atoms with Crippen LogP contribution in [-0.2, 0) is 6.18 Å². The second kappa shape index (κ2) is 4.58. The number of aromatic nitrogens is 2. The molecular weight excluding hydrogens is 285 g/mol. The highest BCUT2D eigenvalue weighted by Crippen LogP contribution is 2.31. The van der Waals surface area contributed by atoms with Gasteiger partial charge in [0.2, 0.25) is 0 Å². The minimum absolute atomic E-state index is 0.00685. The maximum Gasteiger partial charge on any atom is 0.416 e. The summed E-state index contributed by atoms with van der Waals surface area (Å²) < 4.78 is 38.7. The Hall–Kier alpha value is -2.02. The number of halogens is 4. The van der Waals surface area contributed by atoms with E-state index in [1.807, 2.05) is 0 Å². The SMILES string of the molecule is O=C(O)c1cc(C(F)(F)F)ccc1-n1cc(Cl)cn1. The van der Waals surface area contributed by atoms with Gasteiger partial charge in [0.1, 0.15) is 0 Å². The summed E-state index contributed by atoms with van der Waals surface area (Å²) in [5, 5.41) is 13.0. The third-order valence-electron chi connectivity index (χ3n) is 2.35. The molecule has 0 amide bonds. The molecule has 1 aromatic carbocycles. The van der Waals surface area contributed by atoms with Crippen molar-refractivity contribution in [1.82, 2.24) is 9.78 Å². The Morgan fingerprint density at radius 2 is 2.05 bits per heavy atom. The summed E-state index contributed by atoms with van der Waals surface area (Å²) in [6.45, 7) is 0. The monoisotopic (exact) mass is 290 g/mol. The summed E-state index contributed by atoms with van der Waals surface area (Å²) in [6.07, 6.45) is -2.05. The lowest BCUT2D eigenvalue weighted by Crippen LogP contribution is -2.11. The predicted molar refractivity (Wildman–Crippen MR) is 60.5 cm³/mol. The zero-order chi connectivity index (χ0) is 14.2. The van der Waals surface area contributed by atoms with Crippen LogP contribution in [0.15, 0.2) is 30.6 Å². The highest BCUT2D eigenvalue weighted by atomic mass is 35.5. The molecule has 0 spiro atoms. The van der Waals surface area contributed by atoms with Crippen molar-refractivity contribution < 1.29 is 23.1 Å². The molecule has 2 rings (SSSR count). The van der Waals surface area contributed by atoms with Gasteiger partial charge in [-0.2, -0.15) is 18.3 Å². The maximum atomic E-state index is 12.5. The second-order valence-corrected chi connectivity index (χ2v) is 4.07. The summed E-state index contributed by atoms with van der Waals surface area (Å²) in [5.74, 6) is -1.48. The molecule has 8 heteroatoms. The lowest BCUT2D eigenvalue weighted by molar-refractivity contribution is -0.137. The molecular formula is C11H6ClF3N2O2. The zero-order valence-corrected chi connectivity index (χ0v) is 9.90. The zero-order valence-electron chi connectivity index (χ0n) is 9.15. The van der Waals surface area contributed by atoms with Crippen LogP contribution in [0.3, 0.4) is 0 Å². The normalized spacial score (nSPS) is 11.6. The summed E-state index contributed by atoms with van der Waals surface area (Å²) in [6, 6.07) is 2.39. The quantitative estimate of drug-likeness (QED) is 0.924. The maximum absolute atomic E-state index is 12.5. The summed E-state index contributed by atoms with van der Waals surface area (Å²) >= 11 is 5.64. The van der Waals surface area contributed by atoms with Gasteiger partial charge in [-0.15, -0.1) is 0 Å². The van der Waals surface area contributed by atoms with Gasteiger partial charge < -0.3 is 5.11 Å². The molecule has 0 saturated carbocycles. The van der Waals surface area contributed by atoms with Crippen molar-refractivity contribution in [3.63, 3.8) is 0 Å². The third kappa shape index (κ3) is 2.70. The number of hydrogen-bond acceptors (Lipinski definition) is 2.